The van der Waals surface area contributed by atoms with Gasteiger partial charge in [0.2, 0.25) is 5.91 Å². The maximum Gasteiger partial charge on any atom is 0.303 e. The number of carbonyl (C=O) groups excluding carboxylic acids is 1. The first kappa shape index (κ1) is 13.9. The number of piperidine rings is 1. The molecule has 1 aliphatic heterocycles. The van der Waals surface area contributed by atoms with Crippen LogP contribution < -0.4 is 0 Å². The van der Waals surface area contributed by atoms with Crippen molar-refractivity contribution in [1.29, 1.82) is 0 Å². The fourth-order valence-electron chi connectivity index (χ4n) is 4.43. The van der Waals surface area contributed by atoms with E-state index in [1.807, 2.05) is 4.90 Å². The normalized spacial score (nSPS) is 36.3. The molecule has 0 aromatic rings. The summed E-state index contributed by atoms with van der Waals surface area (Å²) in [5.74, 6) is 1.18. The number of rotatable bonds is 4. The number of amides is 1. The molecule has 1 saturated heterocycles. The summed E-state index contributed by atoms with van der Waals surface area (Å²) in [6.07, 6.45) is 9.04. The Morgan fingerprint density at radius 3 is 2.30 bits per heavy atom. The molecule has 3 rings (SSSR count). The summed E-state index contributed by atoms with van der Waals surface area (Å²) in [5.41, 5.74) is 0. The molecule has 0 radical (unpaired) electrons. The Morgan fingerprint density at radius 2 is 1.65 bits per heavy atom. The van der Waals surface area contributed by atoms with Crippen molar-refractivity contribution >= 4 is 11.9 Å². The van der Waals surface area contributed by atoms with E-state index in [1.54, 1.807) is 0 Å². The van der Waals surface area contributed by atoms with Gasteiger partial charge in [0, 0.05) is 24.9 Å². The predicted octanol–water partition coefficient (Wildman–Crippen LogP) is 2.67. The van der Waals surface area contributed by atoms with Crippen LogP contribution in [0.4, 0.5) is 0 Å². The first-order valence-electron chi connectivity index (χ1n) is 8.21. The van der Waals surface area contributed by atoms with Crippen molar-refractivity contribution in [3.05, 3.63) is 0 Å². The van der Waals surface area contributed by atoms with Gasteiger partial charge in [0.15, 0.2) is 0 Å². The Morgan fingerprint density at radius 1 is 1.00 bits per heavy atom. The Hall–Kier alpha value is -1.06. The molecule has 0 aromatic carbocycles. The summed E-state index contributed by atoms with van der Waals surface area (Å²) in [5, 5.41) is 8.86. The molecule has 3 atom stereocenters. The molecule has 0 bridgehead atoms. The van der Waals surface area contributed by atoms with Gasteiger partial charge in [0.25, 0.3) is 0 Å². The van der Waals surface area contributed by atoms with Gasteiger partial charge in [-0.25, -0.2) is 0 Å². The number of nitrogens with zero attached hydrogens (tertiary/aromatic N) is 1. The van der Waals surface area contributed by atoms with Gasteiger partial charge in [0.05, 0.1) is 0 Å². The number of fused-ring (bicyclic) bond motifs is 1. The minimum absolute atomic E-state index is 0.176. The third-order valence-electron chi connectivity index (χ3n) is 5.54. The zero-order valence-corrected chi connectivity index (χ0v) is 12.1. The molecule has 3 aliphatic rings. The van der Waals surface area contributed by atoms with E-state index in [0.717, 1.165) is 25.8 Å². The molecule has 4 heteroatoms. The van der Waals surface area contributed by atoms with E-state index in [-0.39, 0.29) is 18.4 Å². The molecule has 0 aromatic heterocycles. The molecule has 1 N–H and O–H groups in total. The third-order valence-corrected chi connectivity index (χ3v) is 5.54. The molecule has 1 amide bonds. The van der Waals surface area contributed by atoms with Gasteiger partial charge in [0.1, 0.15) is 0 Å². The second kappa shape index (κ2) is 5.74. The second-order valence-electron chi connectivity index (χ2n) is 6.75. The highest BCUT2D eigenvalue weighted by Gasteiger charge is 2.56. The van der Waals surface area contributed by atoms with Crippen molar-refractivity contribution in [1.82, 2.24) is 4.90 Å². The zero-order chi connectivity index (χ0) is 14.1. The Labute approximate surface area is 120 Å². The van der Waals surface area contributed by atoms with E-state index < -0.39 is 5.97 Å². The van der Waals surface area contributed by atoms with Crippen LogP contribution in [0.2, 0.25) is 0 Å². The van der Waals surface area contributed by atoms with E-state index >= 15 is 0 Å². The highest BCUT2D eigenvalue weighted by Crippen LogP contribution is 2.56. The first-order valence-corrected chi connectivity index (χ1v) is 8.21. The highest BCUT2D eigenvalue weighted by molar-refractivity contribution is 5.83. The van der Waals surface area contributed by atoms with Crippen LogP contribution in [0.1, 0.15) is 57.8 Å². The van der Waals surface area contributed by atoms with Gasteiger partial charge in [-0.1, -0.05) is 12.8 Å². The predicted molar refractivity (Wildman–Crippen MR) is 75.2 cm³/mol. The summed E-state index contributed by atoms with van der Waals surface area (Å²) in [4.78, 5) is 25.6. The number of hydrogen-bond acceptors (Lipinski definition) is 2. The third kappa shape index (κ3) is 2.70. The van der Waals surface area contributed by atoms with Crippen LogP contribution in [0.5, 0.6) is 0 Å². The summed E-state index contributed by atoms with van der Waals surface area (Å²) in [6.45, 7) is 0.846. The molecule has 2 saturated carbocycles. The van der Waals surface area contributed by atoms with Crippen LogP contribution in [0, 0.1) is 17.8 Å². The molecule has 0 spiro atoms. The number of carbonyl (C=O) groups is 2. The maximum absolute atomic E-state index is 12.8. The molecular weight excluding hydrogens is 254 g/mol. The molecular formula is C16H25NO3. The molecule has 3 fully saturated rings. The smallest absolute Gasteiger partial charge is 0.303 e. The van der Waals surface area contributed by atoms with Crippen LogP contribution in [0.25, 0.3) is 0 Å². The largest absolute Gasteiger partial charge is 0.481 e. The molecule has 112 valence electrons. The van der Waals surface area contributed by atoms with Crippen molar-refractivity contribution in [2.45, 2.75) is 63.8 Å². The van der Waals surface area contributed by atoms with Crippen LogP contribution in [-0.4, -0.2) is 34.5 Å². The molecule has 4 nitrogen and oxygen atoms in total. The average molecular weight is 279 g/mol. The summed E-state index contributed by atoms with van der Waals surface area (Å²) < 4.78 is 0. The lowest BCUT2D eigenvalue weighted by atomic mass is 9.97. The van der Waals surface area contributed by atoms with Crippen LogP contribution in [0.3, 0.4) is 0 Å². The first-order chi connectivity index (χ1) is 9.68. The quantitative estimate of drug-likeness (QED) is 0.860. The van der Waals surface area contributed by atoms with E-state index in [1.165, 1.54) is 25.7 Å². The number of carboxylic acid groups (broad SMARTS) is 1. The van der Waals surface area contributed by atoms with Gasteiger partial charge in [-0.05, 0) is 50.4 Å². The van der Waals surface area contributed by atoms with Gasteiger partial charge in [-0.3, -0.25) is 9.59 Å². The number of hydrogen-bond donors (Lipinski definition) is 1. The van der Waals surface area contributed by atoms with E-state index in [2.05, 4.69) is 0 Å². The highest BCUT2D eigenvalue weighted by atomic mass is 16.4. The maximum atomic E-state index is 12.8. The van der Waals surface area contributed by atoms with Crippen molar-refractivity contribution in [3.63, 3.8) is 0 Å². The van der Waals surface area contributed by atoms with Crippen molar-refractivity contribution in [2.24, 2.45) is 17.8 Å². The second-order valence-corrected chi connectivity index (χ2v) is 6.75. The summed E-state index contributed by atoms with van der Waals surface area (Å²) in [6, 6.07) is 0.176. The standard InChI is InChI=1S/C16H25NO3/c18-14(19)9-8-11-5-3-4-10-17(11)16(20)15-12-6-1-2-7-13(12)15/h11-13,15H,1-10H2,(H,18,19). The average Bonchev–Trinajstić information content (AvgIpc) is 3.19. The van der Waals surface area contributed by atoms with E-state index in [0.29, 0.717) is 24.2 Å². The van der Waals surface area contributed by atoms with Gasteiger partial charge < -0.3 is 10.0 Å². The summed E-state index contributed by atoms with van der Waals surface area (Å²) in [7, 11) is 0. The van der Waals surface area contributed by atoms with Gasteiger partial charge in [-0.2, -0.15) is 0 Å². The Kier molecular flexibility index (Phi) is 3.99. The lowest BCUT2D eigenvalue weighted by Crippen LogP contribution is -2.45. The van der Waals surface area contributed by atoms with Crippen molar-refractivity contribution in [3.8, 4) is 0 Å². The van der Waals surface area contributed by atoms with E-state index in [9.17, 15) is 9.59 Å². The fraction of sp³-hybridized carbons (Fsp3) is 0.875. The molecule has 2 aliphatic carbocycles. The number of carboxylic acids is 1. The van der Waals surface area contributed by atoms with Gasteiger partial charge in [-0.15, -0.1) is 0 Å². The van der Waals surface area contributed by atoms with Crippen molar-refractivity contribution in [2.75, 3.05) is 6.54 Å². The van der Waals surface area contributed by atoms with Crippen molar-refractivity contribution < 1.29 is 14.7 Å². The zero-order valence-electron chi connectivity index (χ0n) is 12.1. The van der Waals surface area contributed by atoms with Crippen LogP contribution in [0.15, 0.2) is 0 Å². The molecule has 1 heterocycles. The SMILES string of the molecule is O=C(O)CCC1CCCCN1C(=O)C1C2CCCCC21. The number of aliphatic carboxylic acids is 1. The van der Waals surface area contributed by atoms with Crippen LogP contribution in [-0.2, 0) is 9.59 Å². The van der Waals surface area contributed by atoms with Crippen LogP contribution >= 0.6 is 0 Å². The minimum atomic E-state index is -0.747. The Balaban J connectivity index is 1.61. The fourth-order valence-corrected chi connectivity index (χ4v) is 4.43. The lowest BCUT2D eigenvalue weighted by Gasteiger charge is -2.36. The molecule has 20 heavy (non-hydrogen) atoms. The lowest BCUT2D eigenvalue weighted by molar-refractivity contribution is -0.141. The Bertz CT molecular complexity index is 383. The molecule has 3 unspecified atom stereocenters. The minimum Gasteiger partial charge on any atom is -0.481 e. The van der Waals surface area contributed by atoms with Gasteiger partial charge >= 0.3 is 5.97 Å². The monoisotopic (exact) mass is 279 g/mol. The summed E-state index contributed by atoms with van der Waals surface area (Å²) >= 11 is 0. The van der Waals surface area contributed by atoms with E-state index in [4.69, 9.17) is 5.11 Å². The topological polar surface area (TPSA) is 57.6 Å². The number of likely N-dealkylation sites (tertiary alicyclic amines) is 1.